The van der Waals surface area contributed by atoms with E-state index < -0.39 is 5.97 Å². The summed E-state index contributed by atoms with van der Waals surface area (Å²) < 4.78 is 12.8. The Morgan fingerprint density at radius 1 is 1.24 bits per heavy atom. The first kappa shape index (κ1) is 16.9. The molecule has 0 fully saturated rings. The van der Waals surface area contributed by atoms with Gasteiger partial charge in [0.2, 0.25) is 5.91 Å². The minimum absolute atomic E-state index is 0.0696. The van der Waals surface area contributed by atoms with E-state index in [4.69, 9.17) is 5.11 Å². The van der Waals surface area contributed by atoms with Gasteiger partial charge in [0, 0.05) is 19.2 Å². The molecule has 4 nitrogen and oxygen atoms in total. The van der Waals surface area contributed by atoms with E-state index >= 15 is 0 Å². The Bertz CT molecular complexity index is 497. The predicted octanol–water partition coefficient (Wildman–Crippen LogP) is 2.94. The molecular weight excluding hydrogens is 273 g/mol. The standard InChI is InChI=1S/C16H20FNO3/c1-2-3-11-18(12-10-16(20)21)15(19)9-6-13-4-7-14(17)8-5-13/h4-9H,2-3,10-12H2,1H3,(H,20,21)/b9-6+. The highest BCUT2D eigenvalue weighted by atomic mass is 19.1. The van der Waals surface area contributed by atoms with Gasteiger partial charge in [0.15, 0.2) is 0 Å². The molecule has 0 heterocycles. The number of nitrogens with zero attached hydrogens (tertiary/aromatic N) is 1. The van der Waals surface area contributed by atoms with Gasteiger partial charge in [-0.3, -0.25) is 9.59 Å². The number of rotatable bonds is 8. The van der Waals surface area contributed by atoms with Gasteiger partial charge in [-0.1, -0.05) is 25.5 Å². The van der Waals surface area contributed by atoms with E-state index in [1.165, 1.54) is 23.1 Å². The van der Waals surface area contributed by atoms with Crippen LogP contribution in [0.3, 0.4) is 0 Å². The summed E-state index contributed by atoms with van der Waals surface area (Å²) in [6.45, 7) is 2.74. The molecule has 1 rings (SSSR count). The van der Waals surface area contributed by atoms with Gasteiger partial charge in [-0.2, -0.15) is 0 Å². The van der Waals surface area contributed by atoms with Crippen molar-refractivity contribution in [2.75, 3.05) is 13.1 Å². The minimum atomic E-state index is -0.924. The van der Waals surface area contributed by atoms with Crippen LogP contribution in [0.2, 0.25) is 0 Å². The fraction of sp³-hybridized carbons (Fsp3) is 0.375. The molecule has 1 N–H and O–H groups in total. The van der Waals surface area contributed by atoms with Gasteiger partial charge in [0.05, 0.1) is 6.42 Å². The predicted molar refractivity (Wildman–Crippen MR) is 79.2 cm³/mol. The first-order chi connectivity index (χ1) is 10.0. The fourth-order valence-electron chi connectivity index (χ4n) is 1.76. The molecule has 1 aromatic carbocycles. The first-order valence-corrected chi connectivity index (χ1v) is 6.97. The average Bonchev–Trinajstić information content (AvgIpc) is 2.46. The normalized spacial score (nSPS) is 10.8. The molecule has 0 atom stereocenters. The average molecular weight is 293 g/mol. The summed E-state index contributed by atoms with van der Waals surface area (Å²) in [6, 6.07) is 5.80. The zero-order valence-corrected chi connectivity index (χ0v) is 12.1. The molecule has 0 aliphatic carbocycles. The number of unbranched alkanes of at least 4 members (excludes halogenated alkanes) is 1. The van der Waals surface area contributed by atoms with Crippen LogP contribution in [0.5, 0.6) is 0 Å². The van der Waals surface area contributed by atoms with Gasteiger partial charge < -0.3 is 10.0 Å². The van der Waals surface area contributed by atoms with Crippen molar-refractivity contribution < 1.29 is 19.1 Å². The molecule has 1 aromatic rings. The Morgan fingerprint density at radius 2 is 1.90 bits per heavy atom. The van der Waals surface area contributed by atoms with Crippen molar-refractivity contribution in [1.29, 1.82) is 0 Å². The van der Waals surface area contributed by atoms with Crippen molar-refractivity contribution in [1.82, 2.24) is 4.90 Å². The summed E-state index contributed by atoms with van der Waals surface area (Å²) >= 11 is 0. The van der Waals surface area contributed by atoms with Crippen LogP contribution in [-0.4, -0.2) is 35.0 Å². The molecule has 0 spiro atoms. The SMILES string of the molecule is CCCCN(CCC(=O)O)C(=O)/C=C/c1ccc(F)cc1. The summed E-state index contributed by atoms with van der Waals surface area (Å²) in [5.41, 5.74) is 0.721. The van der Waals surface area contributed by atoms with E-state index in [2.05, 4.69) is 0 Å². The molecule has 114 valence electrons. The van der Waals surface area contributed by atoms with Gasteiger partial charge in [0.25, 0.3) is 0 Å². The molecule has 1 amide bonds. The summed E-state index contributed by atoms with van der Waals surface area (Å²) in [7, 11) is 0. The quantitative estimate of drug-likeness (QED) is 0.750. The van der Waals surface area contributed by atoms with E-state index in [9.17, 15) is 14.0 Å². The number of carbonyl (C=O) groups excluding carboxylic acids is 1. The van der Waals surface area contributed by atoms with Crippen LogP contribution in [0.15, 0.2) is 30.3 Å². The van der Waals surface area contributed by atoms with E-state index in [0.29, 0.717) is 6.54 Å². The van der Waals surface area contributed by atoms with E-state index in [0.717, 1.165) is 18.4 Å². The van der Waals surface area contributed by atoms with Gasteiger partial charge in [-0.15, -0.1) is 0 Å². The number of benzene rings is 1. The summed E-state index contributed by atoms with van der Waals surface area (Å²) in [5.74, 6) is -1.48. The number of amides is 1. The van der Waals surface area contributed by atoms with Crippen LogP contribution < -0.4 is 0 Å². The lowest BCUT2D eigenvalue weighted by atomic mass is 10.2. The third-order valence-electron chi connectivity index (χ3n) is 2.98. The minimum Gasteiger partial charge on any atom is -0.481 e. The highest BCUT2D eigenvalue weighted by Gasteiger charge is 2.11. The van der Waals surface area contributed by atoms with E-state index in [1.807, 2.05) is 6.92 Å². The zero-order valence-electron chi connectivity index (χ0n) is 12.1. The van der Waals surface area contributed by atoms with Gasteiger partial charge in [0.1, 0.15) is 5.82 Å². The molecule has 0 bridgehead atoms. The monoisotopic (exact) mass is 293 g/mol. The molecule has 0 unspecified atom stereocenters. The highest BCUT2D eigenvalue weighted by molar-refractivity contribution is 5.92. The lowest BCUT2D eigenvalue weighted by molar-refractivity contribution is -0.138. The fourth-order valence-corrected chi connectivity index (χ4v) is 1.76. The molecule has 0 saturated carbocycles. The highest BCUT2D eigenvalue weighted by Crippen LogP contribution is 2.06. The molecule has 0 radical (unpaired) electrons. The number of hydrogen-bond acceptors (Lipinski definition) is 2. The van der Waals surface area contributed by atoms with Crippen LogP contribution in [-0.2, 0) is 9.59 Å². The molecule has 0 saturated heterocycles. The maximum absolute atomic E-state index is 12.8. The van der Waals surface area contributed by atoms with Crippen LogP contribution in [0.25, 0.3) is 6.08 Å². The smallest absolute Gasteiger partial charge is 0.305 e. The Morgan fingerprint density at radius 3 is 2.48 bits per heavy atom. The molecule has 0 aromatic heterocycles. The van der Waals surface area contributed by atoms with E-state index in [1.54, 1.807) is 18.2 Å². The number of halogens is 1. The Balaban J connectivity index is 2.65. The summed E-state index contributed by atoms with van der Waals surface area (Å²) in [5, 5.41) is 8.71. The Labute approximate surface area is 123 Å². The summed E-state index contributed by atoms with van der Waals surface area (Å²) in [4.78, 5) is 24.2. The molecule has 5 heteroatoms. The molecule has 0 aliphatic heterocycles. The number of aliphatic carboxylic acids is 1. The second kappa shape index (κ2) is 8.89. The van der Waals surface area contributed by atoms with Crippen molar-refractivity contribution in [3.05, 3.63) is 41.7 Å². The lowest BCUT2D eigenvalue weighted by Gasteiger charge is -2.20. The van der Waals surface area contributed by atoms with Crippen LogP contribution in [0, 0.1) is 5.82 Å². The van der Waals surface area contributed by atoms with Crippen LogP contribution >= 0.6 is 0 Å². The topological polar surface area (TPSA) is 57.6 Å². The van der Waals surface area contributed by atoms with E-state index in [-0.39, 0.29) is 24.7 Å². The number of carboxylic acids is 1. The zero-order chi connectivity index (χ0) is 15.7. The first-order valence-electron chi connectivity index (χ1n) is 6.97. The number of carboxylic acid groups (broad SMARTS) is 1. The van der Waals surface area contributed by atoms with Crippen LogP contribution in [0.1, 0.15) is 31.7 Å². The third-order valence-corrected chi connectivity index (χ3v) is 2.98. The third kappa shape index (κ3) is 6.70. The second-order valence-electron chi connectivity index (χ2n) is 4.71. The van der Waals surface area contributed by atoms with Gasteiger partial charge in [-0.25, -0.2) is 4.39 Å². The number of carbonyl (C=O) groups is 2. The number of hydrogen-bond donors (Lipinski definition) is 1. The second-order valence-corrected chi connectivity index (χ2v) is 4.71. The van der Waals surface area contributed by atoms with Crippen molar-refractivity contribution in [2.24, 2.45) is 0 Å². The molecule has 0 aliphatic rings. The largest absolute Gasteiger partial charge is 0.481 e. The lowest BCUT2D eigenvalue weighted by Crippen LogP contribution is -2.32. The van der Waals surface area contributed by atoms with Gasteiger partial charge in [-0.05, 0) is 30.2 Å². The maximum Gasteiger partial charge on any atom is 0.305 e. The maximum atomic E-state index is 12.8. The van der Waals surface area contributed by atoms with Crippen LogP contribution in [0.4, 0.5) is 4.39 Å². The van der Waals surface area contributed by atoms with Crippen molar-refractivity contribution in [2.45, 2.75) is 26.2 Å². The summed E-state index contributed by atoms with van der Waals surface area (Å²) in [6.07, 6.45) is 4.68. The van der Waals surface area contributed by atoms with Crippen molar-refractivity contribution in [3.63, 3.8) is 0 Å². The molecule has 21 heavy (non-hydrogen) atoms. The Kier molecular flexibility index (Phi) is 7.15. The van der Waals surface area contributed by atoms with Gasteiger partial charge >= 0.3 is 5.97 Å². The van der Waals surface area contributed by atoms with Crippen molar-refractivity contribution in [3.8, 4) is 0 Å². The molecular formula is C16H20FNO3. The van der Waals surface area contributed by atoms with Crippen molar-refractivity contribution >= 4 is 18.0 Å². The Hall–Kier alpha value is -2.17.